The molecule has 35 heavy (non-hydrogen) atoms. The summed E-state index contributed by atoms with van der Waals surface area (Å²) in [6.07, 6.45) is 3.23. The highest BCUT2D eigenvalue weighted by atomic mass is 16.5. The summed E-state index contributed by atoms with van der Waals surface area (Å²) in [4.78, 5) is 7.17. The fraction of sp³-hybridized carbons (Fsp3) is 0.464. The molecule has 1 aliphatic rings. The number of hydrogen-bond acceptors (Lipinski definition) is 7. The van der Waals surface area contributed by atoms with Crippen LogP contribution in [0.25, 0.3) is 22.8 Å². The summed E-state index contributed by atoms with van der Waals surface area (Å²) in [5.74, 6) is 1.54. The van der Waals surface area contributed by atoms with Gasteiger partial charge < -0.3 is 19.5 Å². The maximum Gasteiger partial charge on any atom is 0.258 e. The van der Waals surface area contributed by atoms with Gasteiger partial charge >= 0.3 is 0 Å². The van der Waals surface area contributed by atoms with Gasteiger partial charge in [0, 0.05) is 30.3 Å². The topological polar surface area (TPSA) is 87.2 Å². The minimum absolute atomic E-state index is 0.0108. The lowest BCUT2D eigenvalue weighted by molar-refractivity contribution is 0.241. The minimum Gasteiger partial charge on any atom is -0.490 e. The Morgan fingerprint density at radius 2 is 2.09 bits per heavy atom. The molecule has 1 atom stereocenters. The minimum atomic E-state index is -0.0108. The molecule has 3 aromatic rings. The van der Waals surface area contributed by atoms with Gasteiger partial charge in [-0.05, 0) is 75.5 Å². The van der Waals surface area contributed by atoms with Crippen molar-refractivity contribution in [3.05, 3.63) is 53.1 Å². The summed E-state index contributed by atoms with van der Waals surface area (Å²) in [6.45, 7) is 12.6. The molecular formula is C28H35N5O2. The molecule has 4 rings (SSSR count). The molecule has 1 unspecified atom stereocenters. The van der Waals surface area contributed by atoms with Crippen LogP contribution in [0.4, 0.5) is 0 Å². The number of aromatic nitrogens is 2. The number of nitrogens with zero attached hydrogens (tertiary/aromatic N) is 4. The van der Waals surface area contributed by atoms with Gasteiger partial charge in [-0.2, -0.15) is 10.2 Å². The second-order valence-electron chi connectivity index (χ2n) is 9.27. The van der Waals surface area contributed by atoms with Crippen LogP contribution >= 0.6 is 0 Å². The van der Waals surface area contributed by atoms with Gasteiger partial charge in [-0.15, -0.1) is 0 Å². The summed E-state index contributed by atoms with van der Waals surface area (Å²) in [5.41, 5.74) is 4.79. The SMILES string of the molecule is CCCN(CC)CCNC1CCc2c(-c3noc(-c4ccc(OC(C)C)c(C#N)c4)n3)cccc21. The molecule has 0 radical (unpaired) electrons. The number of hydrogen-bond donors (Lipinski definition) is 1. The van der Waals surface area contributed by atoms with Crippen LogP contribution in [0.3, 0.4) is 0 Å². The maximum atomic E-state index is 9.54. The number of nitriles is 1. The lowest BCUT2D eigenvalue weighted by Gasteiger charge is -2.21. The van der Waals surface area contributed by atoms with Crippen molar-refractivity contribution in [1.29, 1.82) is 5.26 Å². The van der Waals surface area contributed by atoms with Gasteiger partial charge in [-0.25, -0.2) is 0 Å². The molecule has 0 spiro atoms. The molecule has 0 saturated heterocycles. The molecule has 7 nitrogen and oxygen atoms in total. The van der Waals surface area contributed by atoms with E-state index in [-0.39, 0.29) is 6.10 Å². The molecule has 0 amide bonds. The molecule has 1 N–H and O–H groups in total. The normalized spacial score (nSPS) is 14.9. The molecule has 1 heterocycles. The van der Waals surface area contributed by atoms with Crippen molar-refractivity contribution in [1.82, 2.24) is 20.4 Å². The molecular weight excluding hydrogens is 438 g/mol. The van der Waals surface area contributed by atoms with E-state index in [0.717, 1.165) is 44.6 Å². The van der Waals surface area contributed by atoms with Gasteiger partial charge in [0.05, 0.1) is 11.7 Å². The Kier molecular flexibility index (Phi) is 8.17. The number of ether oxygens (including phenoxy) is 1. The Morgan fingerprint density at radius 3 is 2.83 bits per heavy atom. The summed E-state index contributed by atoms with van der Waals surface area (Å²) in [7, 11) is 0. The Bertz CT molecular complexity index is 1180. The Hall–Kier alpha value is -3.21. The fourth-order valence-corrected chi connectivity index (χ4v) is 4.77. The van der Waals surface area contributed by atoms with Crippen molar-refractivity contribution in [2.75, 3.05) is 26.2 Å². The van der Waals surface area contributed by atoms with Gasteiger partial charge in [0.15, 0.2) is 0 Å². The van der Waals surface area contributed by atoms with Crippen LogP contribution < -0.4 is 10.1 Å². The standard InChI is InChI=1S/C28H35N5O2/c1-5-15-33(6-2)16-14-30-25-12-11-22-23(25)8-7-9-24(22)27-31-28(35-32-27)20-10-13-26(34-19(3)4)21(17-20)18-29/h7-10,13,17,19,25,30H,5-6,11-12,14-16H2,1-4H3. The van der Waals surface area contributed by atoms with Gasteiger partial charge in [-0.1, -0.05) is 37.2 Å². The van der Waals surface area contributed by atoms with Crippen LogP contribution in [0.5, 0.6) is 5.75 Å². The molecule has 2 aromatic carbocycles. The van der Waals surface area contributed by atoms with Gasteiger partial charge in [0.1, 0.15) is 11.8 Å². The highest BCUT2D eigenvalue weighted by molar-refractivity contribution is 5.67. The van der Waals surface area contributed by atoms with Crippen molar-refractivity contribution >= 4 is 0 Å². The monoisotopic (exact) mass is 473 g/mol. The Morgan fingerprint density at radius 1 is 1.23 bits per heavy atom. The van der Waals surface area contributed by atoms with Gasteiger partial charge in [0.25, 0.3) is 5.89 Å². The smallest absolute Gasteiger partial charge is 0.258 e. The Balaban J connectivity index is 1.51. The van der Waals surface area contributed by atoms with E-state index in [1.54, 1.807) is 12.1 Å². The van der Waals surface area contributed by atoms with Crippen molar-refractivity contribution < 1.29 is 9.26 Å². The predicted molar refractivity (Wildman–Crippen MR) is 137 cm³/mol. The number of likely N-dealkylation sites (N-methyl/N-ethyl adjacent to an activating group) is 1. The van der Waals surface area contributed by atoms with Crippen molar-refractivity contribution in [2.24, 2.45) is 0 Å². The molecule has 0 aliphatic heterocycles. The van der Waals surface area contributed by atoms with E-state index in [4.69, 9.17) is 9.26 Å². The second-order valence-corrected chi connectivity index (χ2v) is 9.27. The van der Waals surface area contributed by atoms with Crippen LogP contribution in [0, 0.1) is 11.3 Å². The third kappa shape index (κ3) is 5.72. The fourth-order valence-electron chi connectivity index (χ4n) is 4.77. The van der Waals surface area contributed by atoms with Crippen molar-refractivity contribution in [3.8, 4) is 34.7 Å². The number of rotatable bonds is 11. The lowest BCUT2D eigenvalue weighted by Crippen LogP contribution is -2.33. The summed E-state index contributed by atoms with van der Waals surface area (Å²) in [5, 5.41) is 17.6. The van der Waals surface area contributed by atoms with E-state index in [1.807, 2.05) is 19.9 Å². The number of nitrogens with one attached hydrogen (secondary N) is 1. The van der Waals surface area contributed by atoms with Gasteiger partial charge in [0.2, 0.25) is 5.82 Å². The molecule has 184 valence electrons. The van der Waals surface area contributed by atoms with Crippen LogP contribution in [-0.4, -0.2) is 47.3 Å². The van der Waals surface area contributed by atoms with E-state index in [2.05, 4.69) is 58.5 Å². The highest BCUT2D eigenvalue weighted by Crippen LogP contribution is 2.37. The highest BCUT2D eigenvalue weighted by Gasteiger charge is 2.26. The van der Waals surface area contributed by atoms with Crippen LogP contribution in [0.2, 0.25) is 0 Å². The average Bonchev–Trinajstić information content (AvgIpc) is 3.51. The first-order chi connectivity index (χ1) is 17.0. The quantitative estimate of drug-likeness (QED) is 0.400. The summed E-state index contributed by atoms with van der Waals surface area (Å²) < 4.78 is 11.3. The number of benzene rings is 2. The zero-order chi connectivity index (χ0) is 24.8. The molecule has 1 aliphatic carbocycles. The first-order valence-corrected chi connectivity index (χ1v) is 12.7. The van der Waals surface area contributed by atoms with E-state index < -0.39 is 0 Å². The third-order valence-corrected chi connectivity index (χ3v) is 6.45. The zero-order valence-corrected chi connectivity index (χ0v) is 21.2. The summed E-state index contributed by atoms with van der Waals surface area (Å²) in [6, 6.07) is 14.3. The molecule has 7 heteroatoms. The van der Waals surface area contributed by atoms with Crippen LogP contribution in [0.1, 0.15) is 63.3 Å². The van der Waals surface area contributed by atoms with Crippen molar-refractivity contribution in [3.63, 3.8) is 0 Å². The molecule has 0 saturated carbocycles. The first-order valence-electron chi connectivity index (χ1n) is 12.7. The number of fused-ring (bicyclic) bond motifs is 1. The Labute approximate surface area is 208 Å². The van der Waals surface area contributed by atoms with Crippen LogP contribution in [-0.2, 0) is 6.42 Å². The lowest BCUT2D eigenvalue weighted by atomic mass is 10.0. The van der Waals surface area contributed by atoms with Crippen molar-refractivity contribution in [2.45, 2.75) is 59.1 Å². The molecule has 0 bridgehead atoms. The summed E-state index contributed by atoms with van der Waals surface area (Å²) >= 11 is 0. The van der Waals surface area contributed by atoms with Crippen LogP contribution in [0.15, 0.2) is 40.9 Å². The van der Waals surface area contributed by atoms with E-state index >= 15 is 0 Å². The van der Waals surface area contributed by atoms with E-state index in [0.29, 0.717) is 34.6 Å². The third-order valence-electron chi connectivity index (χ3n) is 6.45. The average molecular weight is 474 g/mol. The second kappa shape index (κ2) is 11.5. The van der Waals surface area contributed by atoms with E-state index in [9.17, 15) is 5.26 Å². The van der Waals surface area contributed by atoms with E-state index in [1.165, 1.54) is 17.5 Å². The molecule has 0 fully saturated rings. The van der Waals surface area contributed by atoms with Gasteiger partial charge in [-0.3, -0.25) is 0 Å². The first kappa shape index (κ1) is 24.9. The largest absolute Gasteiger partial charge is 0.490 e. The molecule has 1 aromatic heterocycles. The zero-order valence-electron chi connectivity index (χ0n) is 21.2. The maximum absolute atomic E-state index is 9.54. The predicted octanol–water partition coefficient (Wildman–Crippen LogP) is 5.37.